The van der Waals surface area contributed by atoms with Crippen LogP contribution >= 0.6 is 23.2 Å². The predicted molar refractivity (Wildman–Crippen MR) is 106 cm³/mol. The molecule has 7 heteroatoms. The lowest BCUT2D eigenvalue weighted by molar-refractivity contribution is -0.120. The number of anilines is 1. The number of nitrogens with zero attached hydrogens (tertiary/aromatic N) is 1. The Hall–Kier alpha value is -1.66. The summed E-state index contributed by atoms with van der Waals surface area (Å²) in [5, 5.41) is 3.51. The molecule has 1 N–H and O–H groups in total. The molecule has 1 aliphatic heterocycles. The molecule has 1 heterocycles. The highest BCUT2D eigenvalue weighted by Crippen LogP contribution is 2.37. The van der Waals surface area contributed by atoms with Gasteiger partial charge in [-0.3, -0.25) is 9.69 Å². The van der Waals surface area contributed by atoms with Crippen LogP contribution < -0.4 is 5.32 Å². The number of hydrogen-bond donors (Lipinski definition) is 1. The highest BCUT2D eigenvalue weighted by atomic mass is 35.5. The van der Waals surface area contributed by atoms with Crippen LogP contribution in [-0.2, 0) is 9.53 Å². The Kier molecular flexibility index (Phi) is 6.71. The molecule has 27 heavy (non-hydrogen) atoms. The molecule has 0 saturated carbocycles. The van der Waals surface area contributed by atoms with Crippen LogP contribution in [0.25, 0.3) is 0 Å². The first-order valence-corrected chi connectivity index (χ1v) is 9.50. The van der Waals surface area contributed by atoms with Crippen molar-refractivity contribution in [1.29, 1.82) is 0 Å². The minimum atomic E-state index is -0.521. The van der Waals surface area contributed by atoms with Gasteiger partial charge in [0, 0.05) is 30.3 Å². The Morgan fingerprint density at radius 2 is 2.07 bits per heavy atom. The van der Waals surface area contributed by atoms with Gasteiger partial charge in [0.1, 0.15) is 5.82 Å². The van der Waals surface area contributed by atoms with Gasteiger partial charge in [-0.25, -0.2) is 4.39 Å². The first-order valence-electron chi connectivity index (χ1n) is 8.74. The summed E-state index contributed by atoms with van der Waals surface area (Å²) in [6, 6.07) is 11.4. The third kappa shape index (κ3) is 4.61. The summed E-state index contributed by atoms with van der Waals surface area (Å²) in [5.41, 5.74) is 1.07. The number of amides is 1. The molecule has 1 aliphatic rings. The molecule has 2 aromatic carbocycles. The quantitative estimate of drug-likeness (QED) is 0.757. The minimum Gasteiger partial charge on any atom is -0.383 e. The number of carbonyl (C=O) groups excluding carboxylic acids is 1. The van der Waals surface area contributed by atoms with Crippen molar-refractivity contribution in [3.8, 4) is 0 Å². The Labute approximate surface area is 168 Å². The second-order valence-electron chi connectivity index (χ2n) is 6.51. The van der Waals surface area contributed by atoms with E-state index in [0.29, 0.717) is 42.4 Å². The molecule has 0 aromatic heterocycles. The molecule has 4 nitrogen and oxygen atoms in total. The normalized spacial score (nSPS) is 20.0. The van der Waals surface area contributed by atoms with Crippen molar-refractivity contribution in [2.75, 3.05) is 32.1 Å². The van der Waals surface area contributed by atoms with E-state index < -0.39 is 11.9 Å². The summed E-state index contributed by atoms with van der Waals surface area (Å²) in [6.07, 6.45) is 0.661. The highest BCUT2D eigenvalue weighted by molar-refractivity contribution is 6.31. The van der Waals surface area contributed by atoms with Gasteiger partial charge in [0.05, 0.1) is 17.7 Å². The van der Waals surface area contributed by atoms with E-state index in [4.69, 9.17) is 27.9 Å². The molecule has 0 radical (unpaired) electrons. The topological polar surface area (TPSA) is 41.6 Å². The predicted octanol–water partition coefficient (Wildman–Crippen LogP) is 4.58. The molecule has 144 valence electrons. The fourth-order valence-corrected chi connectivity index (χ4v) is 3.95. The average molecular weight is 411 g/mol. The smallest absolute Gasteiger partial charge is 0.242 e. The van der Waals surface area contributed by atoms with Crippen LogP contribution in [0.4, 0.5) is 10.1 Å². The molecule has 2 unspecified atom stereocenters. The largest absolute Gasteiger partial charge is 0.383 e. The van der Waals surface area contributed by atoms with Gasteiger partial charge in [-0.05, 0) is 42.8 Å². The maximum atomic E-state index is 14.6. The number of likely N-dealkylation sites (tertiary alicyclic amines) is 1. The number of rotatable bonds is 6. The van der Waals surface area contributed by atoms with Gasteiger partial charge in [-0.15, -0.1) is 0 Å². The van der Waals surface area contributed by atoms with Gasteiger partial charge >= 0.3 is 0 Å². The zero-order chi connectivity index (χ0) is 19.4. The fourth-order valence-electron chi connectivity index (χ4n) is 3.58. The molecule has 2 atom stereocenters. The van der Waals surface area contributed by atoms with Crippen molar-refractivity contribution in [3.63, 3.8) is 0 Å². The van der Waals surface area contributed by atoms with E-state index in [9.17, 15) is 9.18 Å². The summed E-state index contributed by atoms with van der Waals surface area (Å²) >= 11 is 12.0. The number of benzene rings is 2. The second kappa shape index (κ2) is 9.02. The van der Waals surface area contributed by atoms with E-state index in [2.05, 4.69) is 5.32 Å². The Balaban J connectivity index is 1.88. The molecule has 0 aliphatic carbocycles. The van der Waals surface area contributed by atoms with Crippen molar-refractivity contribution in [2.45, 2.75) is 18.4 Å². The Morgan fingerprint density at radius 3 is 2.81 bits per heavy atom. The average Bonchev–Trinajstić information content (AvgIpc) is 3.06. The number of nitrogens with one attached hydrogen (secondary N) is 1. The molecular formula is C20H21Cl2FN2O2. The zero-order valence-electron chi connectivity index (χ0n) is 14.9. The van der Waals surface area contributed by atoms with Gasteiger partial charge in [0.2, 0.25) is 5.91 Å². The van der Waals surface area contributed by atoms with Crippen LogP contribution in [0.15, 0.2) is 42.5 Å². The maximum Gasteiger partial charge on any atom is 0.242 e. The molecule has 2 aromatic rings. The summed E-state index contributed by atoms with van der Waals surface area (Å²) in [7, 11) is 1.62. The monoisotopic (exact) mass is 410 g/mol. The zero-order valence-corrected chi connectivity index (χ0v) is 16.4. The number of ether oxygens (including phenoxy) is 1. The van der Waals surface area contributed by atoms with Gasteiger partial charge in [0.25, 0.3) is 0 Å². The lowest BCUT2D eigenvalue weighted by atomic mass is 9.90. The van der Waals surface area contributed by atoms with Crippen LogP contribution in [0.3, 0.4) is 0 Å². The van der Waals surface area contributed by atoms with Crippen LogP contribution in [0.1, 0.15) is 17.9 Å². The fraction of sp³-hybridized carbons (Fsp3) is 0.350. The van der Waals surface area contributed by atoms with Crippen molar-refractivity contribution < 1.29 is 13.9 Å². The summed E-state index contributed by atoms with van der Waals surface area (Å²) < 4.78 is 19.8. The minimum absolute atomic E-state index is 0.0665. The number of halogens is 3. The van der Waals surface area contributed by atoms with Crippen molar-refractivity contribution in [3.05, 3.63) is 63.9 Å². The molecular weight excluding hydrogens is 390 g/mol. The van der Waals surface area contributed by atoms with Gasteiger partial charge in [-0.1, -0.05) is 41.4 Å². The third-order valence-electron chi connectivity index (χ3n) is 4.83. The maximum absolute atomic E-state index is 14.6. The summed E-state index contributed by atoms with van der Waals surface area (Å²) in [4.78, 5) is 15.1. The highest BCUT2D eigenvalue weighted by Gasteiger charge is 2.41. The molecule has 0 bridgehead atoms. The van der Waals surface area contributed by atoms with E-state index >= 15 is 0 Å². The van der Waals surface area contributed by atoms with Crippen molar-refractivity contribution in [1.82, 2.24) is 4.90 Å². The summed E-state index contributed by atoms with van der Waals surface area (Å²) in [6.45, 7) is 1.75. The third-order valence-corrected chi connectivity index (χ3v) is 5.35. The van der Waals surface area contributed by atoms with E-state index in [-0.39, 0.29) is 16.8 Å². The second-order valence-corrected chi connectivity index (χ2v) is 7.36. The van der Waals surface area contributed by atoms with Gasteiger partial charge < -0.3 is 10.1 Å². The van der Waals surface area contributed by atoms with Crippen molar-refractivity contribution in [2.24, 2.45) is 0 Å². The standard InChI is InChI=1S/C20H21Cl2FN2O2/c1-27-11-10-25-9-8-16(15-6-3-7-17(22)18(15)23)19(25)20(26)24-14-5-2-4-13(21)12-14/h2-7,12,16,19H,8-11H2,1H3,(H,24,26). The molecule has 0 spiro atoms. The SMILES string of the molecule is COCCN1CCC(c2cccc(Cl)c2F)C1C(=O)Nc1cccc(Cl)c1. The first kappa shape index (κ1) is 20.1. The van der Waals surface area contributed by atoms with E-state index in [1.165, 1.54) is 6.07 Å². The number of hydrogen-bond acceptors (Lipinski definition) is 3. The molecule has 1 amide bonds. The number of methoxy groups -OCH3 is 1. The Bertz CT molecular complexity index is 818. The molecule has 1 saturated heterocycles. The Morgan fingerprint density at radius 1 is 1.30 bits per heavy atom. The summed E-state index contributed by atoms with van der Waals surface area (Å²) in [5.74, 6) is -0.951. The van der Waals surface area contributed by atoms with Crippen LogP contribution in [0.2, 0.25) is 10.0 Å². The number of carbonyl (C=O) groups is 1. The van der Waals surface area contributed by atoms with E-state index in [0.717, 1.165) is 0 Å². The van der Waals surface area contributed by atoms with E-state index in [1.54, 1.807) is 43.5 Å². The van der Waals surface area contributed by atoms with Crippen LogP contribution in [0.5, 0.6) is 0 Å². The van der Waals surface area contributed by atoms with E-state index in [1.807, 2.05) is 4.90 Å². The molecule has 3 rings (SSSR count). The lowest BCUT2D eigenvalue weighted by Crippen LogP contribution is -2.43. The lowest BCUT2D eigenvalue weighted by Gasteiger charge is -2.27. The van der Waals surface area contributed by atoms with Gasteiger partial charge in [0.15, 0.2) is 0 Å². The van der Waals surface area contributed by atoms with Crippen LogP contribution in [-0.4, -0.2) is 43.7 Å². The molecule has 1 fully saturated rings. The van der Waals surface area contributed by atoms with Gasteiger partial charge in [-0.2, -0.15) is 0 Å². The first-order chi connectivity index (χ1) is 13.0. The van der Waals surface area contributed by atoms with Crippen molar-refractivity contribution >= 4 is 34.8 Å². The van der Waals surface area contributed by atoms with Crippen LogP contribution in [0, 0.1) is 5.82 Å².